The zero-order chi connectivity index (χ0) is 13.0. The van der Waals surface area contributed by atoms with Gasteiger partial charge in [-0.2, -0.15) is 0 Å². The molecule has 0 heterocycles. The van der Waals surface area contributed by atoms with Gasteiger partial charge in [-0.15, -0.1) is 0 Å². The Hall–Kier alpha value is -0.780. The minimum Gasteiger partial charge on any atom is -0.0683 e. The minimum absolute atomic E-state index is 0.705. The Morgan fingerprint density at radius 2 is 1.31 bits per heavy atom. The second-order valence-electron chi connectivity index (χ2n) is 3.40. The van der Waals surface area contributed by atoms with Crippen LogP contribution in [0.1, 0.15) is 71.9 Å². The summed E-state index contributed by atoms with van der Waals surface area (Å²) in [6.07, 6.45) is 2.37. The number of benzene rings is 1. The molecule has 1 unspecified atom stereocenters. The van der Waals surface area contributed by atoms with E-state index < -0.39 is 0 Å². The van der Waals surface area contributed by atoms with E-state index >= 15 is 0 Å². The lowest BCUT2D eigenvalue weighted by atomic mass is 9.97. The summed E-state index contributed by atoms with van der Waals surface area (Å²) in [5.74, 6) is 0.705. The molecule has 0 nitrogen and oxygen atoms in total. The molecule has 0 aromatic heterocycles. The first-order valence-corrected chi connectivity index (χ1v) is 6.86. The van der Waals surface area contributed by atoms with Crippen LogP contribution in [-0.2, 0) is 6.42 Å². The van der Waals surface area contributed by atoms with Crippen molar-refractivity contribution in [1.82, 2.24) is 0 Å². The molecule has 0 aliphatic rings. The molecule has 0 fully saturated rings. The van der Waals surface area contributed by atoms with Crippen LogP contribution in [0, 0.1) is 0 Å². The van der Waals surface area contributed by atoms with E-state index in [0.29, 0.717) is 5.92 Å². The number of hydrogen-bond donors (Lipinski definition) is 0. The van der Waals surface area contributed by atoms with Crippen LogP contribution in [0.25, 0.3) is 0 Å². The lowest BCUT2D eigenvalue weighted by Gasteiger charge is -2.08. The third kappa shape index (κ3) is 6.66. The van der Waals surface area contributed by atoms with Gasteiger partial charge in [0.1, 0.15) is 0 Å². The highest BCUT2D eigenvalue weighted by atomic mass is 14.1. The Morgan fingerprint density at radius 3 is 1.62 bits per heavy atom. The average molecular weight is 222 g/mol. The first-order chi connectivity index (χ1) is 7.77. The molecule has 1 rings (SSSR count). The van der Waals surface area contributed by atoms with Crippen molar-refractivity contribution in [2.45, 2.75) is 67.2 Å². The Labute approximate surface area is 103 Å². The van der Waals surface area contributed by atoms with E-state index in [2.05, 4.69) is 45.0 Å². The predicted molar refractivity (Wildman–Crippen MR) is 77.2 cm³/mol. The molecule has 1 aromatic rings. The van der Waals surface area contributed by atoms with Gasteiger partial charge in [-0.3, -0.25) is 0 Å². The van der Waals surface area contributed by atoms with E-state index in [9.17, 15) is 0 Å². The van der Waals surface area contributed by atoms with E-state index in [1.165, 1.54) is 17.5 Å². The summed E-state index contributed by atoms with van der Waals surface area (Å²) in [6.45, 7) is 14.7. The second-order valence-corrected chi connectivity index (χ2v) is 3.40. The molecule has 16 heavy (non-hydrogen) atoms. The zero-order valence-electron chi connectivity index (χ0n) is 12.3. The third-order valence-electron chi connectivity index (χ3n) is 2.57. The first-order valence-electron chi connectivity index (χ1n) is 6.86. The molecule has 0 amide bonds. The smallest absolute Gasteiger partial charge is 0.0193 e. The van der Waals surface area contributed by atoms with E-state index in [-0.39, 0.29) is 0 Å². The molecule has 0 bridgehead atoms. The van der Waals surface area contributed by atoms with E-state index in [4.69, 9.17) is 0 Å². The van der Waals surface area contributed by atoms with Gasteiger partial charge in [-0.25, -0.2) is 0 Å². The van der Waals surface area contributed by atoms with Crippen LogP contribution in [0.2, 0.25) is 0 Å². The van der Waals surface area contributed by atoms with Crippen LogP contribution in [0.4, 0.5) is 0 Å². The van der Waals surface area contributed by atoms with Gasteiger partial charge in [0, 0.05) is 0 Å². The fourth-order valence-corrected chi connectivity index (χ4v) is 1.32. The summed E-state index contributed by atoms with van der Waals surface area (Å²) < 4.78 is 0. The number of rotatable bonds is 3. The Bertz CT molecular complexity index is 220. The van der Waals surface area contributed by atoms with E-state index in [1.54, 1.807) is 0 Å². The summed E-state index contributed by atoms with van der Waals surface area (Å²) in [7, 11) is 0. The Balaban J connectivity index is 0. The average Bonchev–Trinajstić information content (AvgIpc) is 2.42. The molecule has 94 valence electrons. The number of hydrogen-bond acceptors (Lipinski definition) is 0. The summed E-state index contributed by atoms with van der Waals surface area (Å²) in [4.78, 5) is 0. The fraction of sp³-hybridized carbons (Fsp3) is 0.625. The standard InChI is InChI=1S/C12H18.2C2H6/c1-4-10(3)12-8-6-11(5-2)7-9-12;2*1-2/h6-10H,4-5H2,1-3H3;2*1-2H3. The molecular weight excluding hydrogens is 192 g/mol. The molecular formula is C16H30. The van der Waals surface area contributed by atoms with Crippen molar-refractivity contribution in [2.75, 3.05) is 0 Å². The van der Waals surface area contributed by atoms with Crippen molar-refractivity contribution >= 4 is 0 Å². The van der Waals surface area contributed by atoms with Gasteiger partial charge in [0.25, 0.3) is 0 Å². The van der Waals surface area contributed by atoms with Crippen LogP contribution in [0.3, 0.4) is 0 Å². The van der Waals surface area contributed by atoms with Gasteiger partial charge in [-0.05, 0) is 29.9 Å². The summed E-state index contributed by atoms with van der Waals surface area (Å²) >= 11 is 0. The lowest BCUT2D eigenvalue weighted by molar-refractivity contribution is 0.733. The molecule has 0 radical (unpaired) electrons. The molecule has 0 aliphatic carbocycles. The minimum atomic E-state index is 0.705. The van der Waals surface area contributed by atoms with Crippen LogP contribution in [0.15, 0.2) is 24.3 Å². The first kappa shape index (κ1) is 17.6. The molecule has 0 heteroatoms. The normalized spacial score (nSPS) is 10.4. The quantitative estimate of drug-likeness (QED) is 0.605. The molecule has 0 saturated heterocycles. The Kier molecular flexibility index (Phi) is 13.5. The van der Waals surface area contributed by atoms with Crippen LogP contribution in [0.5, 0.6) is 0 Å². The van der Waals surface area contributed by atoms with Crippen molar-refractivity contribution in [2.24, 2.45) is 0 Å². The molecule has 0 aliphatic heterocycles. The Morgan fingerprint density at radius 1 is 0.875 bits per heavy atom. The predicted octanol–water partition coefficient (Wildman–Crippen LogP) is 5.81. The van der Waals surface area contributed by atoms with Crippen LogP contribution < -0.4 is 0 Å². The maximum Gasteiger partial charge on any atom is -0.0193 e. The van der Waals surface area contributed by atoms with Crippen molar-refractivity contribution in [1.29, 1.82) is 0 Å². The highest BCUT2D eigenvalue weighted by molar-refractivity contribution is 5.24. The molecule has 1 aromatic carbocycles. The van der Waals surface area contributed by atoms with Crippen molar-refractivity contribution in [3.63, 3.8) is 0 Å². The fourth-order valence-electron chi connectivity index (χ4n) is 1.32. The van der Waals surface area contributed by atoms with Crippen LogP contribution >= 0.6 is 0 Å². The van der Waals surface area contributed by atoms with Gasteiger partial charge in [0.2, 0.25) is 0 Å². The highest BCUT2D eigenvalue weighted by Crippen LogP contribution is 2.18. The summed E-state index contributed by atoms with van der Waals surface area (Å²) in [5.41, 5.74) is 2.90. The topological polar surface area (TPSA) is 0 Å². The van der Waals surface area contributed by atoms with Gasteiger partial charge in [-0.1, -0.05) is 72.7 Å². The van der Waals surface area contributed by atoms with Gasteiger partial charge < -0.3 is 0 Å². The van der Waals surface area contributed by atoms with Crippen molar-refractivity contribution < 1.29 is 0 Å². The zero-order valence-corrected chi connectivity index (χ0v) is 12.3. The second kappa shape index (κ2) is 12.3. The monoisotopic (exact) mass is 222 g/mol. The molecule has 1 atom stereocenters. The van der Waals surface area contributed by atoms with E-state index in [1.807, 2.05) is 27.7 Å². The largest absolute Gasteiger partial charge is 0.0683 e. The third-order valence-corrected chi connectivity index (χ3v) is 2.57. The van der Waals surface area contributed by atoms with Gasteiger partial charge in [0.15, 0.2) is 0 Å². The summed E-state index contributed by atoms with van der Waals surface area (Å²) in [6, 6.07) is 8.99. The lowest BCUT2D eigenvalue weighted by Crippen LogP contribution is -1.91. The number of aryl methyl sites for hydroxylation is 1. The van der Waals surface area contributed by atoms with Gasteiger partial charge in [0.05, 0.1) is 0 Å². The molecule has 0 N–H and O–H groups in total. The molecule has 0 saturated carbocycles. The highest BCUT2D eigenvalue weighted by Gasteiger charge is 2.00. The maximum absolute atomic E-state index is 2.28. The summed E-state index contributed by atoms with van der Waals surface area (Å²) in [5, 5.41) is 0. The van der Waals surface area contributed by atoms with Gasteiger partial charge >= 0.3 is 0 Å². The molecule has 0 spiro atoms. The van der Waals surface area contributed by atoms with Crippen molar-refractivity contribution in [3.05, 3.63) is 35.4 Å². The van der Waals surface area contributed by atoms with E-state index in [0.717, 1.165) is 6.42 Å². The maximum atomic E-state index is 2.28. The SMILES string of the molecule is CC.CC.CCc1ccc(C(C)CC)cc1. The van der Waals surface area contributed by atoms with Crippen LogP contribution in [-0.4, -0.2) is 0 Å². The van der Waals surface area contributed by atoms with Crippen molar-refractivity contribution in [3.8, 4) is 0 Å².